The second-order valence-corrected chi connectivity index (χ2v) is 11.4. The number of nitrogens with zero attached hydrogens (tertiary/aromatic N) is 2. The van der Waals surface area contributed by atoms with Gasteiger partial charge >= 0.3 is 12.4 Å². The number of rotatable bonds is 4. The number of carbonyl (C=O) groups is 1. The van der Waals surface area contributed by atoms with E-state index in [1.54, 1.807) is 31.3 Å². The summed E-state index contributed by atoms with van der Waals surface area (Å²) in [6.45, 7) is 0. The van der Waals surface area contributed by atoms with E-state index >= 15 is 0 Å². The number of benzene rings is 2. The molecule has 6 rings (SSSR count). The van der Waals surface area contributed by atoms with E-state index in [2.05, 4.69) is 4.99 Å². The molecule has 3 aromatic heterocycles. The summed E-state index contributed by atoms with van der Waals surface area (Å²) in [5, 5.41) is 11.0. The van der Waals surface area contributed by atoms with Crippen LogP contribution in [0.3, 0.4) is 0 Å². The first-order chi connectivity index (χ1) is 19.3. The van der Waals surface area contributed by atoms with E-state index < -0.39 is 29.4 Å². The third kappa shape index (κ3) is 4.66. The molecule has 208 valence electrons. The zero-order valence-corrected chi connectivity index (χ0v) is 22.4. The molecule has 1 N–H and O–H groups in total. The monoisotopic (exact) mass is 602 g/mol. The van der Waals surface area contributed by atoms with Gasteiger partial charge in [0, 0.05) is 16.8 Å². The smallest absolute Gasteiger partial charge is 0.416 e. The van der Waals surface area contributed by atoms with Crippen molar-refractivity contribution in [3.8, 4) is 37.3 Å². The van der Waals surface area contributed by atoms with E-state index in [4.69, 9.17) is 0 Å². The molecule has 0 saturated carbocycles. The largest absolute Gasteiger partial charge is 0.494 e. The molecule has 0 bridgehead atoms. The Morgan fingerprint density at radius 2 is 1.10 bits per heavy atom. The zero-order valence-electron chi connectivity index (χ0n) is 20.8. The molecular weight excluding hydrogens is 586 g/mol. The van der Waals surface area contributed by atoms with Crippen LogP contribution in [0.1, 0.15) is 31.9 Å². The molecule has 2 aromatic carbocycles. The van der Waals surface area contributed by atoms with Gasteiger partial charge in [-0.25, -0.2) is 4.99 Å². The topological polar surface area (TPSA) is 54.6 Å². The van der Waals surface area contributed by atoms with Crippen molar-refractivity contribution in [3.63, 3.8) is 0 Å². The molecule has 0 atom stereocenters. The van der Waals surface area contributed by atoms with E-state index in [-0.39, 0.29) is 22.7 Å². The third-order valence-corrected chi connectivity index (χ3v) is 8.98. The summed E-state index contributed by atoms with van der Waals surface area (Å²) >= 11 is 2.48. The molecule has 1 aliphatic heterocycles. The lowest BCUT2D eigenvalue weighted by Gasteiger charge is -2.07. The highest BCUT2D eigenvalue weighted by Crippen LogP contribution is 2.45. The van der Waals surface area contributed by atoms with E-state index in [1.807, 2.05) is 0 Å². The van der Waals surface area contributed by atoms with Gasteiger partial charge in [-0.2, -0.15) is 26.3 Å². The van der Waals surface area contributed by atoms with E-state index in [0.717, 1.165) is 24.3 Å². The lowest BCUT2D eigenvalue weighted by atomic mass is 10.1. The number of amides is 1. The Hall–Kier alpha value is -4.16. The molecule has 0 aliphatic carbocycles. The van der Waals surface area contributed by atoms with Gasteiger partial charge in [0.2, 0.25) is 5.88 Å². The Balaban J connectivity index is 1.33. The Bertz CT molecular complexity index is 1840. The highest BCUT2D eigenvalue weighted by molar-refractivity contribution is 7.19. The number of hydrogen-bond acceptors (Lipinski definition) is 4. The number of carbonyl (C=O) groups excluding carboxylic acids is 1. The number of aromatic nitrogens is 1. The van der Waals surface area contributed by atoms with Crippen LogP contribution in [0.5, 0.6) is 5.88 Å². The molecule has 0 radical (unpaired) electrons. The standard InChI is InChI=1S/C29H16F6N2O2S2/c1-37-25(21-13-11-19(41-21)15-4-8-17(9-5-15)29(33,34)35)23-22(27(37)39)24(36-26(23)38)20-12-10-18(40-20)14-2-6-16(7-3-14)28(30,31)32/h2-13,39H,1H3. The molecule has 0 saturated heterocycles. The SMILES string of the molecule is Cn1c(O)c2c(c1-c1ccc(-c3ccc(C(F)(F)F)cc3)s1)C(=O)N=C2c1ccc(-c2ccc(C(F)(F)F)cc2)s1. The number of aliphatic imine (C=N–C) groups is 1. The van der Waals surface area contributed by atoms with E-state index in [0.29, 0.717) is 36.3 Å². The molecule has 1 amide bonds. The molecular formula is C29H16F6N2O2S2. The Morgan fingerprint density at radius 3 is 1.59 bits per heavy atom. The predicted octanol–water partition coefficient (Wildman–Crippen LogP) is 8.88. The van der Waals surface area contributed by atoms with Crippen LogP contribution < -0.4 is 0 Å². The van der Waals surface area contributed by atoms with E-state index in [1.165, 1.54) is 51.5 Å². The van der Waals surface area contributed by atoms with Crippen LogP contribution in [0.2, 0.25) is 0 Å². The zero-order chi connectivity index (χ0) is 29.3. The Labute approximate surface area is 236 Å². The van der Waals surface area contributed by atoms with Gasteiger partial charge in [0.1, 0.15) is 0 Å². The van der Waals surface area contributed by atoms with Crippen molar-refractivity contribution in [1.82, 2.24) is 4.57 Å². The molecule has 12 heteroatoms. The first-order valence-corrected chi connectivity index (χ1v) is 13.6. The lowest BCUT2D eigenvalue weighted by Crippen LogP contribution is -2.03. The second-order valence-electron chi connectivity index (χ2n) is 9.22. The Morgan fingerprint density at radius 1 is 0.659 bits per heavy atom. The summed E-state index contributed by atoms with van der Waals surface area (Å²) in [4.78, 5) is 19.8. The molecule has 1 aliphatic rings. The van der Waals surface area contributed by atoms with Crippen LogP contribution in [0.4, 0.5) is 26.3 Å². The van der Waals surface area contributed by atoms with Crippen LogP contribution in [-0.2, 0) is 19.4 Å². The van der Waals surface area contributed by atoms with Crippen LogP contribution >= 0.6 is 22.7 Å². The molecule has 41 heavy (non-hydrogen) atoms. The number of thiophene rings is 2. The average molecular weight is 603 g/mol. The molecule has 4 nitrogen and oxygen atoms in total. The molecule has 4 heterocycles. The van der Waals surface area contributed by atoms with Gasteiger partial charge in [-0.3, -0.25) is 4.79 Å². The maximum Gasteiger partial charge on any atom is 0.416 e. The summed E-state index contributed by atoms with van der Waals surface area (Å²) in [5.41, 5.74) is 0.742. The summed E-state index contributed by atoms with van der Waals surface area (Å²) in [5.74, 6) is -0.747. The van der Waals surface area contributed by atoms with Gasteiger partial charge in [-0.15, -0.1) is 22.7 Å². The minimum atomic E-state index is -4.45. The van der Waals surface area contributed by atoms with Crippen molar-refractivity contribution in [3.05, 3.63) is 99.9 Å². The number of hydrogen-bond donors (Lipinski definition) is 1. The van der Waals surface area contributed by atoms with Crippen LogP contribution in [-0.4, -0.2) is 21.3 Å². The quantitative estimate of drug-likeness (QED) is 0.209. The van der Waals surface area contributed by atoms with Gasteiger partial charge in [0.05, 0.1) is 43.4 Å². The summed E-state index contributed by atoms with van der Waals surface area (Å²) in [6.07, 6.45) is -8.89. The van der Waals surface area contributed by atoms with Gasteiger partial charge in [-0.1, -0.05) is 24.3 Å². The number of halogens is 6. The minimum Gasteiger partial charge on any atom is -0.494 e. The van der Waals surface area contributed by atoms with Gasteiger partial charge in [-0.05, 0) is 59.7 Å². The first-order valence-electron chi connectivity index (χ1n) is 11.9. The summed E-state index contributed by atoms with van der Waals surface area (Å²) in [7, 11) is 1.59. The highest BCUT2D eigenvalue weighted by atomic mass is 32.1. The normalized spacial score (nSPS) is 13.5. The predicted molar refractivity (Wildman–Crippen MR) is 146 cm³/mol. The number of fused-ring (bicyclic) bond motifs is 1. The summed E-state index contributed by atoms with van der Waals surface area (Å²) < 4.78 is 79.1. The maximum atomic E-state index is 13.1. The third-order valence-electron chi connectivity index (χ3n) is 6.70. The minimum absolute atomic E-state index is 0.187. The van der Waals surface area contributed by atoms with Crippen molar-refractivity contribution in [2.45, 2.75) is 12.4 Å². The van der Waals surface area contributed by atoms with Crippen molar-refractivity contribution in [2.24, 2.45) is 12.0 Å². The van der Waals surface area contributed by atoms with Gasteiger partial charge < -0.3 is 9.67 Å². The molecule has 5 aromatic rings. The first kappa shape index (κ1) is 27.0. The van der Waals surface area contributed by atoms with Crippen molar-refractivity contribution < 1.29 is 36.2 Å². The van der Waals surface area contributed by atoms with Crippen LogP contribution in [0.15, 0.2) is 77.8 Å². The lowest BCUT2D eigenvalue weighted by molar-refractivity contribution is -0.138. The van der Waals surface area contributed by atoms with Crippen LogP contribution in [0.25, 0.3) is 31.5 Å². The highest BCUT2D eigenvalue weighted by Gasteiger charge is 2.37. The fourth-order valence-corrected chi connectivity index (χ4v) is 6.78. The maximum absolute atomic E-state index is 13.1. The van der Waals surface area contributed by atoms with Crippen molar-refractivity contribution >= 4 is 34.3 Å². The van der Waals surface area contributed by atoms with Crippen molar-refractivity contribution in [1.29, 1.82) is 0 Å². The number of alkyl halides is 6. The van der Waals surface area contributed by atoms with Crippen molar-refractivity contribution in [2.75, 3.05) is 0 Å². The van der Waals surface area contributed by atoms with Gasteiger partial charge in [0.15, 0.2) is 0 Å². The molecule has 0 unspecified atom stereocenters. The molecule has 0 spiro atoms. The fraction of sp³-hybridized carbons (Fsp3) is 0.103. The average Bonchev–Trinajstić information content (AvgIpc) is 3.70. The second kappa shape index (κ2) is 9.45. The fourth-order valence-electron chi connectivity index (χ4n) is 4.67. The van der Waals surface area contributed by atoms with E-state index in [9.17, 15) is 36.2 Å². The van der Waals surface area contributed by atoms with Gasteiger partial charge in [0.25, 0.3) is 5.91 Å². The summed E-state index contributed by atoms with van der Waals surface area (Å²) in [6, 6.07) is 16.4. The molecule has 0 fully saturated rings. The Kier molecular flexibility index (Phi) is 6.23. The number of aromatic hydroxyl groups is 1. The van der Waals surface area contributed by atoms with Crippen LogP contribution in [0, 0.1) is 0 Å².